The number of carbonyl (C=O) groups is 2. The average molecular weight is 414 g/mol. The number of carbonyl (C=O) groups excluding carboxylic acids is 2. The van der Waals surface area contributed by atoms with Crippen LogP contribution in [0.2, 0.25) is 0 Å². The molecular formula is C17H19FN2O5S2. The van der Waals surface area contributed by atoms with E-state index in [0.717, 1.165) is 33.4 Å². The van der Waals surface area contributed by atoms with E-state index in [0.29, 0.717) is 6.54 Å². The van der Waals surface area contributed by atoms with Crippen LogP contribution in [-0.4, -0.2) is 56.7 Å². The number of hydrogen-bond donors (Lipinski definition) is 0. The highest BCUT2D eigenvalue weighted by Crippen LogP contribution is 2.15. The van der Waals surface area contributed by atoms with Gasteiger partial charge < -0.3 is 9.64 Å². The topological polar surface area (TPSA) is 84.0 Å². The summed E-state index contributed by atoms with van der Waals surface area (Å²) < 4.78 is 43.2. The van der Waals surface area contributed by atoms with Crippen molar-refractivity contribution in [3.05, 3.63) is 52.5 Å². The third-order valence-electron chi connectivity index (χ3n) is 3.63. The summed E-state index contributed by atoms with van der Waals surface area (Å²) >= 11 is 1.50. The number of ether oxygens (including phenoxy) is 1. The first-order valence-corrected chi connectivity index (χ1v) is 10.2. The normalized spacial score (nSPS) is 11.4. The Morgan fingerprint density at radius 1 is 1.15 bits per heavy atom. The van der Waals surface area contributed by atoms with Crippen molar-refractivity contribution in [2.45, 2.75) is 11.4 Å². The van der Waals surface area contributed by atoms with Crippen LogP contribution in [0.25, 0.3) is 0 Å². The van der Waals surface area contributed by atoms with Crippen LogP contribution < -0.4 is 0 Å². The van der Waals surface area contributed by atoms with Crippen LogP contribution in [0.3, 0.4) is 0 Å². The number of benzene rings is 1. The molecule has 0 saturated heterocycles. The Morgan fingerprint density at radius 2 is 1.81 bits per heavy atom. The highest BCUT2D eigenvalue weighted by molar-refractivity contribution is 7.89. The van der Waals surface area contributed by atoms with Gasteiger partial charge in [0, 0.05) is 19.0 Å². The lowest BCUT2D eigenvalue weighted by molar-refractivity contribution is -0.151. The molecular weight excluding hydrogens is 395 g/mol. The molecule has 0 aliphatic heterocycles. The summed E-state index contributed by atoms with van der Waals surface area (Å²) in [6.45, 7) is -0.653. The van der Waals surface area contributed by atoms with Gasteiger partial charge in [-0.05, 0) is 35.7 Å². The molecule has 1 aromatic heterocycles. The van der Waals surface area contributed by atoms with E-state index in [1.165, 1.54) is 23.3 Å². The predicted octanol–water partition coefficient (Wildman–Crippen LogP) is 1.71. The molecule has 10 heteroatoms. The monoisotopic (exact) mass is 414 g/mol. The van der Waals surface area contributed by atoms with Crippen molar-refractivity contribution in [3.63, 3.8) is 0 Å². The summed E-state index contributed by atoms with van der Waals surface area (Å²) in [6, 6.07) is 8.00. The van der Waals surface area contributed by atoms with Gasteiger partial charge in [-0.2, -0.15) is 4.31 Å². The number of likely N-dealkylation sites (N-methyl/N-ethyl adjacent to an activating group) is 2. The summed E-state index contributed by atoms with van der Waals surface area (Å²) in [5.41, 5.74) is 0. The predicted molar refractivity (Wildman–Crippen MR) is 98.0 cm³/mol. The Kier molecular flexibility index (Phi) is 7.05. The second kappa shape index (κ2) is 9.07. The van der Waals surface area contributed by atoms with Gasteiger partial charge in [0.15, 0.2) is 6.61 Å². The van der Waals surface area contributed by atoms with Crippen LogP contribution in [0.1, 0.15) is 4.88 Å². The van der Waals surface area contributed by atoms with E-state index in [4.69, 9.17) is 4.74 Å². The second-order valence-electron chi connectivity index (χ2n) is 5.70. The van der Waals surface area contributed by atoms with Crippen LogP contribution in [-0.2, 0) is 30.9 Å². The maximum atomic E-state index is 12.9. The minimum absolute atomic E-state index is 0.147. The first-order valence-electron chi connectivity index (χ1n) is 7.84. The molecule has 27 heavy (non-hydrogen) atoms. The van der Waals surface area contributed by atoms with E-state index < -0.39 is 40.9 Å². The van der Waals surface area contributed by atoms with Gasteiger partial charge in [-0.25, -0.2) is 12.8 Å². The number of halogens is 1. The average Bonchev–Trinajstić information content (AvgIpc) is 3.12. The van der Waals surface area contributed by atoms with Crippen molar-refractivity contribution in [2.75, 3.05) is 27.2 Å². The first kappa shape index (κ1) is 21.0. The van der Waals surface area contributed by atoms with Gasteiger partial charge >= 0.3 is 5.97 Å². The lowest BCUT2D eigenvalue weighted by Gasteiger charge is -2.18. The number of esters is 1. The van der Waals surface area contributed by atoms with Gasteiger partial charge in [0.25, 0.3) is 5.91 Å². The minimum Gasteiger partial charge on any atom is -0.455 e. The molecule has 0 aliphatic rings. The molecule has 0 saturated carbocycles. The fraction of sp³-hybridized carbons (Fsp3) is 0.294. The van der Waals surface area contributed by atoms with Crippen LogP contribution in [0.5, 0.6) is 0 Å². The number of hydrogen-bond acceptors (Lipinski definition) is 6. The van der Waals surface area contributed by atoms with Crippen LogP contribution in [0.15, 0.2) is 46.7 Å². The standard InChI is InChI=1S/C17H19FN2O5S2/c1-19(10-14-4-3-9-26-14)16(21)12-25-17(22)11-20(2)27(23,24)15-7-5-13(18)6-8-15/h3-9H,10-12H2,1-2H3. The lowest BCUT2D eigenvalue weighted by atomic mass is 10.4. The molecule has 1 amide bonds. The van der Waals surface area contributed by atoms with Crippen molar-refractivity contribution in [1.29, 1.82) is 0 Å². The number of sulfonamides is 1. The summed E-state index contributed by atoms with van der Waals surface area (Å²) in [5, 5.41) is 1.89. The van der Waals surface area contributed by atoms with Gasteiger partial charge in [-0.1, -0.05) is 6.07 Å². The number of rotatable bonds is 8. The van der Waals surface area contributed by atoms with Crippen molar-refractivity contribution >= 4 is 33.2 Å². The molecule has 0 radical (unpaired) electrons. The van der Waals surface area contributed by atoms with Crippen molar-refractivity contribution in [3.8, 4) is 0 Å². The highest BCUT2D eigenvalue weighted by atomic mass is 32.2. The zero-order valence-corrected chi connectivity index (χ0v) is 16.4. The fourth-order valence-corrected chi connectivity index (χ4v) is 3.95. The molecule has 0 fully saturated rings. The maximum Gasteiger partial charge on any atom is 0.321 e. The molecule has 146 valence electrons. The number of thiophene rings is 1. The van der Waals surface area contributed by atoms with E-state index in [1.54, 1.807) is 7.05 Å². The van der Waals surface area contributed by atoms with Crippen molar-refractivity contribution in [2.24, 2.45) is 0 Å². The lowest BCUT2D eigenvalue weighted by Crippen LogP contribution is -2.35. The third kappa shape index (κ3) is 5.84. The Bertz CT molecular complexity index is 883. The molecule has 7 nitrogen and oxygen atoms in total. The van der Waals surface area contributed by atoms with Crippen LogP contribution in [0, 0.1) is 5.82 Å². The summed E-state index contributed by atoms with van der Waals surface area (Å²) in [4.78, 5) is 26.1. The molecule has 1 heterocycles. The Labute approximate surface area is 161 Å². The summed E-state index contributed by atoms with van der Waals surface area (Å²) in [5.74, 6) is -1.83. The second-order valence-corrected chi connectivity index (χ2v) is 8.78. The number of amides is 1. The molecule has 2 rings (SSSR count). The Morgan fingerprint density at radius 3 is 2.41 bits per heavy atom. The summed E-state index contributed by atoms with van der Waals surface area (Å²) in [7, 11) is -1.18. The SMILES string of the molecule is CN(Cc1cccs1)C(=O)COC(=O)CN(C)S(=O)(=O)c1ccc(F)cc1. The molecule has 0 N–H and O–H groups in total. The molecule has 0 unspecified atom stereocenters. The summed E-state index contributed by atoms with van der Waals surface area (Å²) in [6.07, 6.45) is 0. The number of nitrogens with zero attached hydrogens (tertiary/aromatic N) is 2. The third-order valence-corrected chi connectivity index (χ3v) is 6.31. The first-order chi connectivity index (χ1) is 12.7. The van der Waals surface area contributed by atoms with E-state index in [2.05, 4.69) is 0 Å². The van der Waals surface area contributed by atoms with Gasteiger partial charge in [0.2, 0.25) is 10.0 Å². The Balaban J connectivity index is 1.85. The van der Waals surface area contributed by atoms with Crippen molar-refractivity contribution in [1.82, 2.24) is 9.21 Å². The Hall–Kier alpha value is -2.30. The molecule has 0 atom stereocenters. The molecule has 0 aliphatic carbocycles. The minimum atomic E-state index is -3.97. The van der Waals surface area contributed by atoms with E-state index in [9.17, 15) is 22.4 Å². The van der Waals surface area contributed by atoms with Gasteiger partial charge in [0.05, 0.1) is 11.4 Å². The van der Waals surface area contributed by atoms with Crippen molar-refractivity contribution < 1.29 is 27.1 Å². The van der Waals surface area contributed by atoms with Gasteiger partial charge in [-0.15, -0.1) is 11.3 Å². The van der Waals surface area contributed by atoms with E-state index in [1.807, 2.05) is 17.5 Å². The molecule has 2 aromatic rings. The molecule has 0 bridgehead atoms. The maximum absolute atomic E-state index is 12.9. The van der Waals surface area contributed by atoms with E-state index >= 15 is 0 Å². The smallest absolute Gasteiger partial charge is 0.321 e. The zero-order valence-electron chi connectivity index (χ0n) is 14.8. The zero-order chi connectivity index (χ0) is 20.0. The highest BCUT2D eigenvalue weighted by Gasteiger charge is 2.24. The van der Waals surface area contributed by atoms with Gasteiger partial charge in [-0.3, -0.25) is 9.59 Å². The largest absolute Gasteiger partial charge is 0.455 e. The quantitative estimate of drug-likeness (QED) is 0.614. The fourth-order valence-electron chi connectivity index (χ4n) is 2.08. The van der Waals surface area contributed by atoms with E-state index in [-0.39, 0.29) is 4.90 Å². The molecule has 0 spiro atoms. The van der Waals surface area contributed by atoms with Crippen LogP contribution >= 0.6 is 11.3 Å². The molecule has 1 aromatic carbocycles. The van der Waals surface area contributed by atoms with Crippen LogP contribution in [0.4, 0.5) is 4.39 Å². The van der Waals surface area contributed by atoms with Gasteiger partial charge in [0.1, 0.15) is 12.4 Å².